The summed E-state index contributed by atoms with van der Waals surface area (Å²) in [6.45, 7) is 7.50. The molecular weight excluding hydrogens is 292 g/mol. The lowest BCUT2D eigenvalue weighted by molar-refractivity contribution is -0.122. The summed E-state index contributed by atoms with van der Waals surface area (Å²) in [5.41, 5.74) is 2.23. The van der Waals surface area contributed by atoms with Crippen molar-refractivity contribution in [2.24, 2.45) is 5.92 Å². The Morgan fingerprint density at radius 3 is 2.57 bits per heavy atom. The Bertz CT molecular complexity index is 491. The number of hydrogen-bond acceptors (Lipinski definition) is 4. The number of piperidine rings is 1. The maximum atomic E-state index is 11.9. The molecule has 5 heteroatoms. The monoisotopic (exact) mass is 320 g/mol. The van der Waals surface area contributed by atoms with Gasteiger partial charge >= 0.3 is 0 Å². The predicted molar refractivity (Wildman–Crippen MR) is 90.7 cm³/mol. The molecule has 2 rings (SSSR count). The van der Waals surface area contributed by atoms with E-state index in [2.05, 4.69) is 10.2 Å². The number of para-hydroxylation sites is 1. The van der Waals surface area contributed by atoms with Crippen molar-refractivity contribution in [1.82, 2.24) is 10.2 Å². The molecule has 0 atom stereocenters. The van der Waals surface area contributed by atoms with Crippen molar-refractivity contribution >= 4 is 5.91 Å². The van der Waals surface area contributed by atoms with Gasteiger partial charge in [0, 0.05) is 6.61 Å². The van der Waals surface area contributed by atoms with Crippen LogP contribution in [0.3, 0.4) is 0 Å². The van der Waals surface area contributed by atoms with Crippen LogP contribution in [0.1, 0.15) is 24.0 Å². The van der Waals surface area contributed by atoms with E-state index in [0.717, 1.165) is 42.8 Å². The molecule has 1 saturated heterocycles. The molecule has 0 unspecified atom stereocenters. The average Bonchev–Trinajstić information content (AvgIpc) is 2.54. The standard InChI is InChI=1S/C18H28N2O3/c1-14-4-3-5-15(2)18(14)23-11-8-19-17(22)12-20-9-6-16(13-21)7-10-20/h3-5,16,21H,6-13H2,1-2H3,(H,19,22). The minimum absolute atomic E-state index is 0.0394. The zero-order valence-corrected chi connectivity index (χ0v) is 14.2. The summed E-state index contributed by atoms with van der Waals surface area (Å²) in [5.74, 6) is 1.35. The fraction of sp³-hybridized carbons (Fsp3) is 0.611. The molecule has 23 heavy (non-hydrogen) atoms. The first kappa shape index (κ1) is 17.8. The lowest BCUT2D eigenvalue weighted by Gasteiger charge is -2.30. The molecule has 0 aliphatic carbocycles. The van der Waals surface area contributed by atoms with Crippen LogP contribution in [0.5, 0.6) is 5.75 Å². The number of aryl methyl sites for hydroxylation is 2. The van der Waals surface area contributed by atoms with Gasteiger partial charge in [0.25, 0.3) is 0 Å². The van der Waals surface area contributed by atoms with Gasteiger partial charge in [0.15, 0.2) is 0 Å². The van der Waals surface area contributed by atoms with Crippen LogP contribution in [0.15, 0.2) is 18.2 Å². The summed E-state index contributed by atoms with van der Waals surface area (Å²) in [6.07, 6.45) is 1.94. The molecule has 0 aromatic heterocycles. The number of nitrogens with zero attached hydrogens (tertiary/aromatic N) is 1. The Hall–Kier alpha value is -1.59. The van der Waals surface area contributed by atoms with Gasteiger partial charge in [-0.2, -0.15) is 0 Å². The van der Waals surface area contributed by atoms with Crippen LogP contribution in [0, 0.1) is 19.8 Å². The van der Waals surface area contributed by atoms with E-state index in [1.165, 1.54) is 0 Å². The second kappa shape index (κ2) is 8.89. The number of ether oxygens (including phenoxy) is 1. The molecule has 1 fully saturated rings. The van der Waals surface area contributed by atoms with Crippen molar-refractivity contribution in [2.45, 2.75) is 26.7 Å². The minimum atomic E-state index is 0.0394. The Balaban J connectivity index is 1.64. The molecule has 1 heterocycles. The predicted octanol–water partition coefficient (Wildman–Crippen LogP) is 1.50. The van der Waals surface area contributed by atoms with Crippen LogP contribution in [0.2, 0.25) is 0 Å². The maximum Gasteiger partial charge on any atom is 0.234 e. The topological polar surface area (TPSA) is 61.8 Å². The van der Waals surface area contributed by atoms with Crippen LogP contribution >= 0.6 is 0 Å². The molecule has 5 nitrogen and oxygen atoms in total. The smallest absolute Gasteiger partial charge is 0.234 e. The van der Waals surface area contributed by atoms with Crippen molar-refractivity contribution in [2.75, 3.05) is 39.4 Å². The lowest BCUT2D eigenvalue weighted by Crippen LogP contribution is -2.42. The molecule has 1 aromatic carbocycles. The number of amides is 1. The summed E-state index contributed by atoms with van der Waals surface area (Å²) >= 11 is 0. The molecule has 0 radical (unpaired) electrons. The number of likely N-dealkylation sites (tertiary alicyclic amines) is 1. The highest BCUT2D eigenvalue weighted by Crippen LogP contribution is 2.21. The zero-order chi connectivity index (χ0) is 16.7. The summed E-state index contributed by atoms with van der Waals surface area (Å²) in [6, 6.07) is 6.06. The van der Waals surface area contributed by atoms with Gasteiger partial charge in [-0.1, -0.05) is 18.2 Å². The Morgan fingerprint density at radius 2 is 1.96 bits per heavy atom. The summed E-state index contributed by atoms with van der Waals surface area (Å²) in [4.78, 5) is 14.1. The normalized spacial score (nSPS) is 16.3. The van der Waals surface area contributed by atoms with E-state index in [1.807, 2.05) is 32.0 Å². The van der Waals surface area contributed by atoms with Gasteiger partial charge < -0.3 is 15.2 Å². The molecule has 1 amide bonds. The maximum absolute atomic E-state index is 11.9. The Kier molecular flexibility index (Phi) is 6.86. The van der Waals surface area contributed by atoms with Crippen molar-refractivity contribution in [3.05, 3.63) is 29.3 Å². The molecule has 0 saturated carbocycles. The fourth-order valence-electron chi connectivity index (χ4n) is 2.96. The second-order valence-corrected chi connectivity index (χ2v) is 6.32. The largest absolute Gasteiger partial charge is 0.491 e. The first-order valence-electron chi connectivity index (χ1n) is 8.39. The van der Waals surface area contributed by atoms with Crippen molar-refractivity contribution in [1.29, 1.82) is 0 Å². The van der Waals surface area contributed by atoms with Gasteiger partial charge in [0.05, 0.1) is 13.1 Å². The Labute approximate surface area is 138 Å². The molecule has 2 N–H and O–H groups in total. The quantitative estimate of drug-likeness (QED) is 0.748. The minimum Gasteiger partial charge on any atom is -0.491 e. The van der Waals surface area contributed by atoms with E-state index in [1.54, 1.807) is 0 Å². The number of benzene rings is 1. The number of aliphatic hydroxyl groups is 1. The number of nitrogens with one attached hydrogen (secondary N) is 1. The summed E-state index contributed by atoms with van der Waals surface area (Å²) in [7, 11) is 0. The van der Waals surface area contributed by atoms with Crippen LogP contribution in [-0.2, 0) is 4.79 Å². The first-order valence-corrected chi connectivity index (χ1v) is 8.39. The van der Waals surface area contributed by atoms with E-state index in [0.29, 0.717) is 25.6 Å². The third-order valence-electron chi connectivity index (χ3n) is 4.41. The lowest BCUT2D eigenvalue weighted by atomic mass is 9.98. The van der Waals surface area contributed by atoms with E-state index >= 15 is 0 Å². The first-order chi connectivity index (χ1) is 11.1. The number of carbonyl (C=O) groups is 1. The van der Waals surface area contributed by atoms with Crippen molar-refractivity contribution in [3.63, 3.8) is 0 Å². The third kappa shape index (κ3) is 5.52. The highest BCUT2D eigenvalue weighted by Gasteiger charge is 2.19. The molecule has 128 valence electrons. The van der Waals surface area contributed by atoms with Crippen LogP contribution in [-0.4, -0.2) is 55.3 Å². The molecule has 0 spiro atoms. The zero-order valence-electron chi connectivity index (χ0n) is 14.2. The second-order valence-electron chi connectivity index (χ2n) is 6.32. The van der Waals surface area contributed by atoms with Gasteiger partial charge in [-0.3, -0.25) is 9.69 Å². The van der Waals surface area contributed by atoms with Gasteiger partial charge in [0.1, 0.15) is 12.4 Å². The van der Waals surface area contributed by atoms with Crippen LogP contribution in [0.25, 0.3) is 0 Å². The Morgan fingerprint density at radius 1 is 1.30 bits per heavy atom. The molecule has 1 aliphatic rings. The van der Waals surface area contributed by atoms with Gasteiger partial charge in [0.2, 0.25) is 5.91 Å². The number of rotatable bonds is 7. The molecule has 1 aromatic rings. The number of hydrogen-bond donors (Lipinski definition) is 2. The van der Waals surface area contributed by atoms with Crippen LogP contribution in [0.4, 0.5) is 0 Å². The van der Waals surface area contributed by atoms with Gasteiger partial charge in [-0.05, 0) is 56.8 Å². The highest BCUT2D eigenvalue weighted by molar-refractivity contribution is 5.78. The van der Waals surface area contributed by atoms with Crippen LogP contribution < -0.4 is 10.1 Å². The van der Waals surface area contributed by atoms with E-state index in [9.17, 15) is 4.79 Å². The van der Waals surface area contributed by atoms with Crippen molar-refractivity contribution < 1.29 is 14.6 Å². The SMILES string of the molecule is Cc1cccc(C)c1OCCNC(=O)CN1CCC(CO)CC1. The average molecular weight is 320 g/mol. The van der Waals surface area contributed by atoms with Gasteiger partial charge in [-0.25, -0.2) is 0 Å². The fourth-order valence-corrected chi connectivity index (χ4v) is 2.96. The number of aliphatic hydroxyl groups excluding tert-OH is 1. The summed E-state index contributed by atoms with van der Waals surface area (Å²) < 4.78 is 5.78. The number of carbonyl (C=O) groups excluding carboxylic acids is 1. The molecule has 0 bridgehead atoms. The summed E-state index contributed by atoms with van der Waals surface area (Å²) in [5, 5.41) is 12.0. The molecule has 1 aliphatic heterocycles. The van der Waals surface area contributed by atoms with E-state index < -0.39 is 0 Å². The van der Waals surface area contributed by atoms with E-state index in [-0.39, 0.29) is 12.5 Å². The molecular formula is C18H28N2O3. The highest BCUT2D eigenvalue weighted by atomic mass is 16.5. The van der Waals surface area contributed by atoms with Gasteiger partial charge in [-0.15, -0.1) is 0 Å². The third-order valence-corrected chi connectivity index (χ3v) is 4.41. The van der Waals surface area contributed by atoms with E-state index in [4.69, 9.17) is 9.84 Å². The van der Waals surface area contributed by atoms with Crippen molar-refractivity contribution in [3.8, 4) is 5.75 Å².